The van der Waals surface area contributed by atoms with E-state index in [9.17, 15) is 4.79 Å². The minimum Gasteiger partial charge on any atom is -0.306 e. The summed E-state index contributed by atoms with van der Waals surface area (Å²) in [6.45, 7) is 1.90. The average molecular weight is 350 g/mol. The zero-order valence-corrected chi connectivity index (χ0v) is 15.0. The van der Waals surface area contributed by atoms with Crippen molar-refractivity contribution in [3.05, 3.63) is 36.8 Å². The van der Waals surface area contributed by atoms with Crippen LogP contribution in [0.25, 0.3) is 22.0 Å². The van der Waals surface area contributed by atoms with Gasteiger partial charge in [-0.3, -0.25) is 14.8 Å². The van der Waals surface area contributed by atoms with Gasteiger partial charge in [0.15, 0.2) is 0 Å². The number of nitrogens with one attached hydrogen (secondary N) is 1. The number of amides is 1. The van der Waals surface area contributed by atoms with E-state index in [1.165, 1.54) is 0 Å². The van der Waals surface area contributed by atoms with Crippen molar-refractivity contribution in [2.45, 2.75) is 12.8 Å². The van der Waals surface area contributed by atoms with Gasteiger partial charge < -0.3 is 4.90 Å². The van der Waals surface area contributed by atoms with Gasteiger partial charge in [0.05, 0.1) is 11.7 Å². The average Bonchev–Trinajstić information content (AvgIpc) is 3.08. The van der Waals surface area contributed by atoms with E-state index in [0.717, 1.165) is 48.0 Å². The highest BCUT2D eigenvalue weighted by Crippen LogP contribution is 2.24. The molecule has 0 aliphatic carbocycles. The molecule has 3 aromatic rings. The lowest BCUT2D eigenvalue weighted by Crippen LogP contribution is -2.36. The molecule has 7 heteroatoms. The number of nitrogens with zero attached hydrogens (tertiary/aromatic N) is 5. The summed E-state index contributed by atoms with van der Waals surface area (Å²) in [5.74, 6) is 0.415. The fraction of sp³-hybridized carbons (Fsp3) is 0.368. The van der Waals surface area contributed by atoms with Crippen LogP contribution in [-0.4, -0.2) is 50.7 Å². The molecule has 0 spiro atoms. The van der Waals surface area contributed by atoms with Crippen molar-refractivity contribution < 1.29 is 4.79 Å². The fourth-order valence-electron chi connectivity index (χ4n) is 3.32. The summed E-state index contributed by atoms with van der Waals surface area (Å²) in [5, 5.41) is 8.04. The first-order chi connectivity index (χ1) is 12.6. The van der Waals surface area contributed by atoms with Crippen LogP contribution in [-0.2, 0) is 11.8 Å². The summed E-state index contributed by atoms with van der Waals surface area (Å²) in [5.41, 5.74) is 2.88. The molecular formula is C19H22N6O. The Labute approximate surface area is 152 Å². The summed E-state index contributed by atoms with van der Waals surface area (Å²) < 4.78 is 1.77. The summed E-state index contributed by atoms with van der Waals surface area (Å²) in [7, 11) is 3.98. The predicted octanol–water partition coefficient (Wildman–Crippen LogP) is 2.31. The molecule has 134 valence electrons. The number of fused-ring (bicyclic) bond motifs is 1. The second kappa shape index (κ2) is 6.84. The van der Waals surface area contributed by atoms with Gasteiger partial charge in [-0.2, -0.15) is 5.10 Å². The number of rotatable bonds is 3. The first-order valence-corrected chi connectivity index (χ1v) is 8.84. The Hall–Kier alpha value is -2.80. The number of hydrogen-bond donors (Lipinski definition) is 1. The van der Waals surface area contributed by atoms with Crippen LogP contribution in [0.3, 0.4) is 0 Å². The number of benzene rings is 1. The highest BCUT2D eigenvalue weighted by atomic mass is 16.2. The quantitative estimate of drug-likeness (QED) is 0.784. The molecule has 1 fully saturated rings. The lowest BCUT2D eigenvalue weighted by Gasteiger charge is -2.27. The van der Waals surface area contributed by atoms with Crippen LogP contribution in [0.2, 0.25) is 0 Å². The molecule has 0 unspecified atom stereocenters. The highest BCUT2D eigenvalue weighted by Gasteiger charge is 2.23. The standard InChI is InChI=1S/C19H22N6O/c1-24-7-5-13(6-8-24)18(26)23-19-20-10-15-4-3-14(9-17(15)22-19)16-11-21-25(2)12-16/h3-4,9-13H,5-8H2,1-2H3,(H,20,22,23,26). The van der Waals surface area contributed by atoms with Gasteiger partial charge in [-0.25, -0.2) is 9.97 Å². The van der Waals surface area contributed by atoms with Crippen molar-refractivity contribution in [2.24, 2.45) is 13.0 Å². The molecule has 1 saturated heterocycles. The van der Waals surface area contributed by atoms with Crippen LogP contribution >= 0.6 is 0 Å². The molecule has 4 rings (SSSR count). The van der Waals surface area contributed by atoms with Crippen LogP contribution < -0.4 is 5.32 Å². The van der Waals surface area contributed by atoms with E-state index >= 15 is 0 Å². The van der Waals surface area contributed by atoms with Gasteiger partial charge in [0, 0.05) is 36.3 Å². The second-order valence-electron chi connectivity index (χ2n) is 6.94. The Morgan fingerprint density at radius 1 is 1.15 bits per heavy atom. The van der Waals surface area contributed by atoms with Gasteiger partial charge in [-0.15, -0.1) is 0 Å². The van der Waals surface area contributed by atoms with Crippen molar-refractivity contribution in [3.63, 3.8) is 0 Å². The first-order valence-electron chi connectivity index (χ1n) is 8.84. The molecule has 3 heterocycles. The second-order valence-corrected chi connectivity index (χ2v) is 6.94. The van der Waals surface area contributed by atoms with Gasteiger partial charge in [0.2, 0.25) is 11.9 Å². The van der Waals surface area contributed by atoms with Crippen molar-refractivity contribution in [3.8, 4) is 11.1 Å². The smallest absolute Gasteiger partial charge is 0.229 e. The third-order valence-electron chi connectivity index (χ3n) is 4.95. The SMILES string of the molecule is CN1CCC(C(=O)Nc2ncc3ccc(-c4cnn(C)c4)cc3n2)CC1. The lowest BCUT2D eigenvalue weighted by atomic mass is 9.96. The number of aromatic nitrogens is 4. The van der Waals surface area contributed by atoms with Gasteiger partial charge in [-0.1, -0.05) is 12.1 Å². The largest absolute Gasteiger partial charge is 0.306 e. The van der Waals surface area contributed by atoms with Crippen LogP contribution in [0.1, 0.15) is 12.8 Å². The van der Waals surface area contributed by atoms with E-state index in [0.29, 0.717) is 5.95 Å². The molecule has 7 nitrogen and oxygen atoms in total. The summed E-state index contributed by atoms with van der Waals surface area (Å²) >= 11 is 0. The maximum absolute atomic E-state index is 12.5. The molecule has 1 aliphatic rings. The van der Waals surface area contributed by atoms with E-state index in [4.69, 9.17) is 0 Å². The number of anilines is 1. The number of likely N-dealkylation sites (tertiary alicyclic amines) is 1. The van der Waals surface area contributed by atoms with Crippen LogP contribution in [0, 0.1) is 5.92 Å². The van der Waals surface area contributed by atoms with Gasteiger partial charge in [0.1, 0.15) is 0 Å². The van der Waals surface area contributed by atoms with Gasteiger partial charge >= 0.3 is 0 Å². The van der Waals surface area contributed by atoms with E-state index in [1.54, 1.807) is 10.9 Å². The number of aryl methyl sites for hydroxylation is 1. The Kier molecular flexibility index (Phi) is 4.38. The molecule has 0 atom stereocenters. The predicted molar refractivity (Wildman–Crippen MR) is 101 cm³/mol. The molecule has 1 aromatic carbocycles. The molecule has 0 bridgehead atoms. The van der Waals surface area contributed by atoms with Crippen LogP contribution in [0.4, 0.5) is 5.95 Å². The third kappa shape index (κ3) is 3.43. The van der Waals surface area contributed by atoms with E-state index in [1.807, 2.05) is 37.6 Å². The fourth-order valence-corrected chi connectivity index (χ4v) is 3.32. The van der Waals surface area contributed by atoms with Crippen LogP contribution in [0.15, 0.2) is 36.8 Å². The Morgan fingerprint density at radius 2 is 1.96 bits per heavy atom. The number of piperidine rings is 1. The third-order valence-corrected chi connectivity index (χ3v) is 4.95. The molecule has 26 heavy (non-hydrogen) atoms. The summed E-state index contributed by atoms with van der Waals surface area (Å²) in [6, 6.07) is 6.01. The zero-order chi connectivity index (χ0) is 18.1. The summed E-state index contributed by atoms with van der Waals surface area (Å²) in [6.07, 6.45) is 7.29. The van der Waals surface area contributed by atoms with Crippen molar-refractivity contribution in [2.75, 3.05) is 25.5 Å². The van der Waals surface area contributed by atoms with Crippen molar-refractivity contribution >= 4 is 22.8 Å². The molecule has 2 aromatic heterocycles. The maximum Gasteiger partial charge on any atom is 0.229 e. The van der Waals surface area contributed by atoms with E-state index in [-0.39, 0.29) is 11.8 Å². The van der Waals surface area contributed by atoms with E-state index in [2.05, 4.69) is 32.3 Å². The van der Waals surface area contributed by atoms with Gasteiger partial charge in [0.25, 0.3) is 0 Å². The number of carbonyl (C=O) groups is 1. The summed E-state index contributed by atoms with van der Waals surface area (Å²) in [4.78, 5) is 23.6. The molecule has 0 radical (unpaired) electrons. The van der Waals surface area contributed by atoms with Gasteiger partial charge in [-0.05, 0) is 44.6 Å². The first kappa shape index (κ1) is 16.7. The molecular weight excluding hydrogens is 328 g/mol. The molecule has 1 N–H and O–H groups in total. The minimum absolute atomic E-state index is 0.0147. The molecule has 1 aliphatic heterocycles. The normalized spacial score (nSPS) is 16.1. The van der Waals surface area contributed by atoms with E-state index < -0.39 is 0 Å². The highest BCUT2D eigenvalue weighted by molar-refractivity contribution is 5.92. The van der Waals surface area contributed by atoms with Crippen LogP contribution in [0.5, 0.6) is 0 Å². The molecule has 1 amide bonds. The lowest BCUT2D eigenvalue weighted by molar-refractivity contribution is -0.121. The Balaban J connectivity index is 1.55. The molecule has 0 saturated carbocycles. The topological polar surface area (TPSA) is 75.9 Å². The zero-order valence-electron chi connectivity index (χ0n) is 15.0. The minimum atomic E-state index is 0.0147. The Bertz CT molecular complexity index is 942. The number of carbonyl (C=O) groups excluding carboxylic acids is 1. The maximum atomic E-state index is 12.5. The number of hydrogen-bond acceptors (Lipinski definition) is 5. The Morgan fingerprint density at radius 3 is 2.69 bits per heavy atom. The monoisotopic (exact) mass is 350 g/mol. The van der Waals surface area contributed by atoms with Crippen molar-refractivity contribution in [1.82, 2.24) is 24.6 Å². The van der Waals surface area contributed by atoms with Crippen molar-refractivity contribution in [1.29, 1.82) is 0 Å².